The average Bonchev–Trinajstić information content (AvgIpc) is 2.88. The standard InChI is InChI=1S/C12H14BrNO5S/c13-11-2-1-9(5-10(11)12(16)17)20(18,19)14-4-3-8(6-14)7-15/h1-2,5,8,15H,3-4,6-7H2,(H,16,17). The van der Waals surface area contributed by atoms with Gasteiger partial charge in [0.2, 0.25) is 10.0 Å². The van der Waals surface area contributed by atoms with E-state index in [0.717, 1.165) is 6.07 Å². The third-order valence-electron chi connectivity index (χ3n) is 3.31. The Morgan fingerprint density at radius 3 is 2.70 bits per heavy atom. The van der Waals surface area contributed by atoms with Gasteiger partial charge in [-0.15, -0.1) is 0 Å². The number of carboxylic acid groups (broad SMARTS) is 1. The van der Waals surface area contributed by atoms with Crippen LogP contribution in [-0.4, -0.2) is 48.6 Å². The van der Waals surface area contributed by atoms with Gasteiger partial charge >= 0.3 is 5.97 Å². The number of carbonyl (C=O) groups is 1. The van der Waals surface area contributed by atoms with Gasteiger partial charge in [0, 0.05) is 24.2 Å². The minimum absolute atomic E-state index is 0.0447. The van der Waals surface area contributed by atoms with E-state index in [1.54, 1.807) is 0 Å². The molecule has 1 atom stereocenters. The van der Waals surface area contributed by atoms with Crippen LogP contribution in [0.15, 0.2) is 27.6 Å². The van der Waals surface area contributed by atoms with Crippen molar-refractivity contribution in [1.29, 1.82) is 0 Å². The molecule has 110 valence electrons. The molecule has 0 aromatic heterocycles. The molecular weight excluding hydrogens is 350 g/mol. The highest BCUT2D eigenvalue weighted by Crippen LogP contribution is 2.27. The van der Waals surface area contributed by atoms with E-state index in [9.17, 15) is 13.2 Å². The number of sulfonamides is 1. The van der Waals surface area contributed by atoms with Gasteiger partial charge in [-0.1, -0.05) is 0 Å². The summed E-state index contributed by atoms with van der Waals surface area (Å²) < 4.78 is 26.4. The van der Waals surface area contributed by atoms with Crippen molar-refractivity contribution in [3.63, 3.8) is 0 Å². The van der Waals surface area contributed by atoms with Gasteiger partial charge in [-0.2, -0.15) is 4.31 Å². The first kappa shape index (κ1) is 15.4. The first-order valence-corrected chi connectivity index (χ1v) is 8.23. The molecule has 0 spiro atoms. The Hall–Kier alpha value is -0.960. The number of hydrogen-bond donors (Lipinski definition) is 2. The third kappa shape index (κ3) is 2.88. The van der Waals surface area contributed by atoms with Crippen LogP contribution < -0.4 is 0 Å². The number of nitrogens with zero attached hydrogens (tertiary/aromatic N) is 1. The second-order valence-corrected chi connectivity index (χ2v) is 7.44. The van der Waals surface area contributed by atoms with Gasteiger partial charge in [0.25, 0.3) is 0 Å². The fourth-order valence-electron chi connectivity index (χ4n) is 2.14. The van der Waals surface area contributed by atoms with Gasteiger partial charge in [-0.3, -0.25) is 0 Å². The van der Waals surface area contributed by atoms with E-state index in [-0.39, 0.29) is 29.5 Å². The molecule has 6 nitrogen and oxygen atoms in total. The van der Waals surface area contributed by atoms with Crippen molar-refractivity contribution in [3.8, 4) is 0 Å². The number of aromatic carboxylic acids is 1. The van der Waals surface area contributed by atoms with Crippen molar-refractivity contribution in [1.82, 2.24) is 4.31 Å². The molecule has 20 heavy (non-hydrogen) atoms. The SMILES string of the molecule is O=C(O)c1cc(S(=O)(=O)N2CCC(CO)C2)ccc1Br. The molecule has 1 saturated heterocycles. The molecule has 1 fully saturated rings. The van der Waals surface area contributed by atoms with Gasteiger partial charge in [0.1, 0.15) is 0 Å². The second kappa shape index (κ2) is 5.80. The van der Waals surface area contributed by atoms with Crippen LogP contribution in [0.5, 0.6) is 0 Å². The Bertz CT molecular complexity index is 631. The predicted molar refractivity (Wildman–Crippen MR) is 75.1 cm³/mol. The lowest BCUT2D eigenvalue weighted by atomic mass is 10.1. The topological polar surface area (TPSA) is 94.9 Å². The summed E-state index contributed by atoms with van der Waals surface area (Å²) in [6.07, 6.45) is 0.609. The van der Waals surface area contributed by atoms with Crippen molar-refractivity contribution in [2.75, 3.05) is 19.7 Å². The second-order valence-electron chi connectivity index (χ2n) is 4.65. The number of hydrogen-bond acceptors (Lipinski definition) is 4. The molecule has 2 rings (SSSR count). The van der Waals surface area contributed by atoms with Crippen LogP contribution in [0.2, 0.25) is 0 Å². The lowest BCUT2D eigenvalue weighted by Crippen LogP contribution is -2.29. The molecule has 0 radical (unpaired) electrons. The first-order chi connectivity index (χ1) is 9.36. The molecule has 0 bridgehead atoms. The van der Waals surface area contributed by atoms with Gasteiger partial charge in [0.15, 0.2) is 0 Å². The van der Waals surface area contributed by atoms with Crippen LogP contribution in [0.3, 0.4) is 0 Å². The smallest absolute Gasteiger partial charge is 0.336 e. The first-order valence-electron chi connectivity index (χ1n) is 6.00. The zero-order chi connectivity index (χ0) is 14.9. The molecule has 0 saturated carbocycles. The maximum Gasteiger partial charge on any atom is 0.336 e. The van der Waals surface area contributed by atoms with E-state index in [2.05, 4.69) is 15.9 Å². The van der Waals surface area contributed by atoms with E-state index in [0.29, 0.717) is 17.4 Å². The number of benzene rings is 1. The average molecular weight is 364 g/mol. The number of carboxylic acids is 1. The molecule has 8 heteroatoms. The van der Waals surface area contributed by atoms with Crippen molar-refractivity contribution < 1.29 is 23.4 Å². The fraction of sp³-hybridized carbons (Fsp3) is 0.417. The molecule has 0 aliphatic carbocycles. The van der Waals surface area contributed by atoms with E-state index in [1.807, 2.05) is 0 Å². The van der Waals surface area contributed by atoms with Gasteiger partial charge in [-0.05, 0) is 46.5 Å². The van der Waals surface area contributed by atoms with Gasteiger partial charge in [0.05, 0.1) is 10.5 Å². The summed E-state index contributed by atoms with van der Waals surface area (Å²) in [5.41, 5.74) is -0.0935. The fourth-order valence-corrected chi connectivity index (χ4v) is 4.12. The van der Waals surface area contributed by atoms with Crippen LogP contribution in [-0.2, 0) is 10.0 Å². The lowest BCUT2D eigenvalue weighted by Gasteiger charge is -2.16. The summed E-state index contributed by atoms with van der Waals surface area (Å²) in [6, 6.07) is 3.93. The summed E-state index contributed by atoms with van der Waals surface area (Å²) in [5.74, 6) is -1.25. The largest absolute Gasteiger partial charge is 0.478 e. The highest BCUT2D eigenvalue weighted by molar-refractivity contribution is 9.10. The minimum atomic E-state index is -3.72. The highest BCUT2D eigenvalue weighted by Gasteiger charge is 2.32. The van der Waals surface area contributed by atoms with Crippen molar-refractivity contribution in [2.45, 2.75) is 11.3 Å². The number of aliphatic hydroxyl groups is 1. The van der Waals surface area contributed by atoms with E-state index in [1.165, 1.54) is 16.4 Å². The van der Waals surface area contributed by atoms with Crippen LogP contribution in [0.4, 0.5) is 0 Å². The van der Waals surface area contributed by atoms with E-state index in [4.69, 9.17) is 10.2 Å². The van der Waals surface area contributed by atoms with Crippen molar-refractivity contribution in [2.24, 2.45) is 5.92 Å². The minimum Gasteiger partial charge on any atom is -0.478 e. The highest BCUT2D eigenvalue weighted by atomic mass is 79.9. The Morgan fingerprint density at radius 2 is 2.15 bits per heavy atom. The molecule has 2 N–H and O–H groups in total. The van der Waals surface area contributed by atoms with Gasteiger partial charge in [-0.25, -0.2) is 13.2 Å². The van der Waals surface area contributed by atoms with Crippen LogP contribution >= 0.6 is 15.9 Å². The quantitative estimate of drug-likeness (QED) is 0.836. The molecule has 1 heterocycles. The Morgan fingerprint density at radius 1 is 1.45 bits per heavy atom. The third-order valence-corrected chi connectivity index (χ3v) is 5.87. The lowest BCUT2D eigenvalue weighted by molar-refractivity contribution is 0.0695. The maximum absolute atomic E-state index is 12.4. The Kier molecular flexibility index (Phi) is 4.48. The zero-order valence-corrected chi connectivity index (χ0v) is 12.9. The summed E-state index contributed by atoms with van der Waals surface area (Å²) in [7, 11) is -3.72. The Balaban J connectivity index is 2.35. The molecule has 0 amide bonds. The summed E-state index contributed by atoms with van der Waals surface area (Å²) in [5, 5.41) is 18.1. The number of halogens is 1. The number of aliphatic hydroxyl groups excluding tert-OH is 1. The molecule has 1 aliphatic heterocycles. The zero-order valence-electron chi connectivity index (χ0n) is 10.5. The normalized spacial score (nSPS) is 20.2. The van der Waals surface area contributed by atoms with Crippen molar-refractivity contribution >= 4 is 31.9 Å². The van der Waals surface area contributed by atoms with E-state index < -0.39 is 16.0 Å². The van der Waals surface area contributed by atoms with Crippen LogP contribution in [0, 0.1) is 5.92 Å². The summed E-state index contributed by atoms with van der Waals surface area (Å²) in [6.45, 7) is 0.552. The monoisotopic (exact) mass is 363 g/mol. The summed E-state index contributed by atoms with van der Waals surface area (Å²) >= 11 is 3.08. The van der Waals surface area contributed by atoms with Crippen LogP contribution in [0.1, 0.15) is 16.8 Å². The number of rotatable bonds is 4. The molecule has 1 unspecified atom stereocenters. The molecular formula is C12H14BrNO5S. The molecule has 1 aromatic rings. The maximum atomic E-state index is 12.4. The van der Waals surface area contributed by atoms with Gasteiger partial charge < -0.3 is 10.2 Å². The molecule has 1 aromatic carbocycles. The van der Waals surface area contributed by atoms with E-state index >= 15 is 0 Å². The molecule has 1 aliphatic rings. The predicted octanol–water partition coefficient (Wildman–Crippen LogP) is 1.15. The van der Waals surface area contributed by atoms with Crippen molar-refractivity contribution in [3.05, 3.63) is 28.2 Å². The Labute approximate surface area is 125 Å². The van der Waals surface area contributed by atoms with Crippen LogP contribution in [0.25, 0.3) is 0 Å². The summed E-state index contributed by atoms with van der Waals surface area (Å²) in [4.78, 5) is 11.0.